The van der Waals surface area contributed by atoms with Crippen LogP contribution < -0.4 is 5.32 Å². The van der Waals surface area contributed by atoms with E-state index >= 15 is 0 Å². The predicted octanol–water partition coefficient (Wildman–Crippen LogP) is 1.55. The molecule has 17 heavy (non-hydrogen) atoms. The van der Waals surface area contributed by atoms with Crippen molar-refractivity contribution in [1.82, 2.24) is 10.2 Å². The molecule has 1 saturated heterocycles. The van der Waals surface area contributed by atoms with Crippen molar-refractivity contribution in [3.05, 3.63) is 0 Å². The minimum absolute atomic E-state index is 0.449. The van der Waals surface area contributed by atoms with Crippen LogP contribution in [0.1, 0.15) is 20.3 Å². The minimum Gasteiger partial charge on any atom is -0.314 e. The van der Waals surface area contributed by atoms with Crippen molar-refractivity contribution in [3.8, 4) is 0 Å². The Hall–Kier alpha value is 0.0700. The van der Waals surface area contributed by atoms with Gasteiger partial charge in [-0.1, -0.05) is 0 Å². The van der Waals surface area contributed by atoms with Gasteiger partial charge in [0.2, 0.25) is 0 Å². The van der Waals surface area contributed by atoms with Gasteiger partial charge in [0.1, 0.15) is 0 Å². The summed E-state index contributed by atoms with van der Waals surface area (Å²) in [5, 5.41) is 3.32. The zero-order valence-corrected chi connectivity index (χ0v) is 11.9. The topological polar surface area (TPSA) is 50.8 Å². The lowest BCUT2D eigenvalue weighted by molar-refractivity contribution is 0.213. The zero-order valence-electron chi connectivity index (χ0n) is 11.0. The van der Waals surface area contributed by atoms with E-state index in [1.54, 1.807) is 0 Å². The maximum Gasteiger partial charge on any atom is 0.330 e. The number of nitrogens with zero attached hydrogens (tertiary/aromatic N) is 1. The molecule has 1 fully saturated rings. The summed E-state index contributed by atoms with van der Waals surface area (Å²) >= 11 is 0. The minimum atomic E-state index is -2.83. The highest BCUT2D eigenvalue weighted by Gasteiger charge is 2.23. The second kappa shape index (κ2) is 8.22. The molecule has 0 aromatic carbocycles. The van der Waals surface area contributed by atoms with Gasteiger partial charge in [-0.15, -0.1) is 0 Å². The van der Waals surface area contributed by atoms with Gasteiger partial charge in [0.25, 0.3) is 0 Å². The molecule has 0 unspecified atom stereocenters. The molecule has 1 heterocycles. The Morgan fingerprint density at radius 3 is 2.29 bits per heavy atom. The quantitative estimate of drug-likeness (QED) is 0.674. The Labute approximate surface area is 104 Å². The van der Waals surface area contributed by atoms with Crippen molar-refractivity contribution in [2.24, 2.45) is 0 Å². The highest BCUT2D eigenvalue weighted by molar-refractivity contribution is 7.53. The van der Waals surface area contributed by atoms with Gasteiger partial charge in [0.05, 0.1) is 19.4 Å². The molecule has 6 heteroatoms. The molecule has 0 radical (unpaired) electrons. The van der Waals surface area contributed by atoms with Crippen LogP contribution in [0.2, 0.25) is 0 Å². The molecule has 0 atom stereocenters. The Morgan fingerprint density at radius 2 is 1.76 bits per heavy atom. The molecular formula is C11H25N2O3P. The van der Waals surface area contributed by atoms with E-state index in [0.29, 0.717) is 19.4 Å². The molecule has 0 bridgehead atoms. The van der Waals surface area contributed by atoms with Crippen molar-refractivity contribution in [1.29, 1.82) is 0 Å². The number of hydrogen-bond donors (Lipinski definition) is 1. The van der Waals surface area contributed by atoms with E-state index in [2.05, 4.69) is 10.2 Å². The normalized spacial score (nSPS) is 18.5. The van der Waals surface area contributed by atoms with E-state index in [4.69, 9.17) is 9.05 Å². The van der Waals surface area contributed by atoms with Crippen LogP contribution in [-0.4, -0.2) is 57.0 Å². The highest BCUT2D eigenvalue weighted by Crippen LogP contribution is 2.48. The maximum atomic E-state index is 12.2. The monoisotopic (exact) mass is 264 g/mol. The second-order valence-electron chi connectivity index (χ2n) is 4.12. The van der Waals surface area contributed by atoms with Crippen LogP contribution in [0.3, 0.4) is 0 Å². The van der Waals surface area contributed by atoms with Gasteiger partial charge in [0, 0.05) is 26.2 Å². The molecule has 0 saturated carbocycles. The molecular weight excluding hydrogens is 239 g/mol. The third-order valence-corrected chi connectivity index (χ3v) is 4.93. The lowest BCUT2D eigenvalue weighted by atomic mass is 10.3. The van der Waals surface area contributed by atoms with Crippen LogP contribution in [0.5, 0.6) is 0 Å². The Morgan fingerprint density at radius 1 is 1.18 bits per heavy atom. The van der Waals surface area contributed by atoms with Gasteiger partial charge in [-0.25, -0.2) is 0 Å². The van der Waals surface area contributed by atoms with Crippen molar-refractivity contribution < 1.29 is 13.6 Å². The summed E-state index contributed by atoms with van der Waals surface area (Å²) in [6.07, 6.45) is 1.40. The Balaban J connectivity index is 2.23. The average Bonchev–Trinajstić information content (AvgIpc) is 2.31. The van der Waals surface area contributed by atoms with Crippen LogP contribution >= 0.6 is 7.60 Å². The van der Waals surface area contributed by atoms with Gasteiger partial charge in [-0.2, -0.15) is 0 Å². The molecule has 102 valence electrons. The summed E-state index contributed by atoms with van der Waals surface area (Å²) in [6.45, 7) is 9.83. The summed E-state index contributed by atoms with van der Waals surface area (Å²) in [4.78, 5) is 2.39. The summed E-state index contributed by atoms with van der Waals surface area (Å²) in [5.74, 6) is 0. The highest BCUT2D eigenvalue weighted by atomic mass is 31.2. The fourth-order valence-electron chi connectivity index (χ4n) is 1.98. The van der Waals surface area contributed by atoms with Crippen molar-refractivity contribution >= 4 is 7.60 Å². The average molecular weight is 264 g/mol. The van der Waals surface area contributed by atoms with Gasteiger partial charge in [-0.3, -0.25) is 4.57 Å². The lowest BCUT2D eigenvalue weighted by Gasteiger charge is -2.27. The summed E-state index contributed by atoms with van der Waals surface area (Å²) in [7, 11) is -2.83. The van der Waals surface area contributed by atoms with Crippen LogP contribution in [0.15, 0.2) is 0 Å². The standard InChI is InChI=1S/C11H25N2O3P/c1-3-15-17(14,16-4-2)11-5-8-13-9-6-12-7-10-13/h12H,3-11H2,1-2H3. The van der Waals surface area contributed by atoms with Gasteiger partial charge < -0.3 is 19.3 Å². The lowest BCUT2D eigenvalue weighted by Crippen LogP contribution is -2.43. The smallest absolute Gasteiger partial charge is 0.314 e. The van der Waals surface area contributed by atoms with Crippen LogP contribution in [0.4, 0.5) is 0 Å². The Bertz CT molecular complexity index is 235. The summed E-state index contributed by atoms with van der Waals surface area (Å²) < 4.78 is 22.7. The van der Waals surface area contributed by atoms with E-state index in [0.717, 1.165) is 39.1 Å². The van der Waals surface area contributed by atoms with Gasteiger partial charge in [0.15, 0.2) is 0 Å². The predicted molar refractivity (Wildman–Crippen MR) is 69.7 cm³/mol. The summed E-state index contributed by atoms with van der Waals surface area (Å²) in [5.41, 5.74) is 0. The first kappa shape index (κ1) is 15.1. The van der Waals surface area contributed by atoms with E-state index in [1.165, 1.54) is 0 Å². The second-order valence-corrected chi connectivity index (χ2v) is 6.30. The fourth-order valence-corrected chi connectivity index (χ4v) is 3.63. The van der Waals surface area contributed by atoms with Gasteiger partial charge >= 0.3 is 7.60 Å². The first-order valence-corrected chi connectivity index (χ1v) is 8.24. The zero-order chi connectivity index (χ0) is 12.6. The SMILES string of the molecule is CCOP(=O)(CCCN1CCNCC1)OCC. The third kappa shape index (κ3) is 5.98. The first-order chi connectivity index (χ1) is 8.20. The van der Waals surface area contributed by atoms with Crippen LogP contribution in [0.25, 0.3) is 0 Å². The molecule has 1 aliphatic heterocycles. The van der Waals surface area contributed by atoms with Crippen molar-refractivity contribution in [2.75, 3.05) is 52.1 Å². The molecule has 0 aromatic rings. The van der Waals surface area contributed by atoms with E-state index in [-0.39, 0.29) is 0 Å². The van der Waals surface area contributed by atoms with E-state index in [1.807, 2.05) is 13.8 Å². The number of hydrogen-bond acceptors (Lipinski definition) is 5. The Kier molecular flexibility index (Phi) is 7.32. The van der Waals surface area contributed by atoms with Crippen LogP contribution in [0, 0.1) is 0 Å². The molecule has 1 N–H and O–H groups in total. The van der Waals surface area contributed by atoms with E-state index < -0.39 is 7.60 Å². The van der Waals surface area contributed by atoms with Crippen molar-refractivity contribution in [2.45, 2.75) is 20.3 Å². The molecule has 0 aromatic heterocycles. The summed E-state index contributed by atoms with van der Waals surface area (Å²) in [6, 6.07) is 0. The first-order valence-electron chi connectivity index (χ1n) is 6.51. The number of piperazine rings is 1. The van der Waals surface area contributed by atoms with E-state index in [9.17, 15) is 4.57 Å². The fraction of sp³-hybridized carbons (Fsp3) is 1.00. The molecule has 5 nitrogen and oxygen atoms in total. The number of nitrogens with one attached hydrogen (secondary N) is 1. The molecule has 1 rings (SSSR count). The maximum absolute atomic E-state index is 12.2. The van der Waals surface area contributed by atoms with Gasteiger partial charge in [-0.05, 0) is 26.8 Å². The largest absolute Gasteiger partial charge is 0.330 e. The molecule has 0 aliphatic carbocycles. The van der Waals surface area contributed by atoms with Crippen molar-refractivity contribution in [3.63, 3.8) is 0 Å². The van der Waals surface area contributed by atoms with Crippen LogP contribution in [-0.2, 0) is 13.6 Å². The molecule has 0 amide bonds. The molecule has 0 spiro atoms. The molecule has 1 aliphatic rings. The third-order valence-electron chi connectivity index (χ3n) is 2.77. The number of rotatable bonds is 8.